The van der Waals surface area contributed by atoms with Gasteiger partial charge in [-0.15, -0.1) is 0 Å². The van der Waals surface area contributed by atoms with E-state index in [4.69, 9.17) is 0 Å². The fourth-order valence-electron chi connectivity index (χ4n) is 3.12. The molecule has 1 unspecified atom stereocenters. The molecule has 0 N–H and O–H groups in total. The zero-order chi connectivity index (χ0) is 14.8. The molecular formula is C19H21NO. The minimum Gasteiger partial charge on any atom is -0.331 e. The van der Waals surface area contributed by atoms with Crippen LogP contribution >= 0.6 is 0 Å². The lowest BCUT2D eigenvalue weighted by molar-refractivity contribution is 0.0732. The van der Waals surface area contributed by atoms with Crippen LogP contribution < -0.4 is 0 Å². The summed E-state index contributed by atoms with van der Waals surface area (Å²) >= 11 is 0. The average molecular weight is 279 g/mol. The van der Waals surface area contributed by atoms with Crippen LogP contribution in [0.3, 0.4) is 0 Å². The van der Waals surface area contributed by atoms with E-state index in [1.807, 2.05) is 54.3 Å². The van der Waals surface area contributed by atoms with Crippen molar-refractivity contribution in [3.8, 4) is 0 Å². The maximum atomic E-state index is 12.8. The van der Waals surface area contributed by atoms with Crippen molar-refractivity contribution < 1.29 is 4.79 Å². The topological polar surface area (TPSA) is 20.3 Å². The molecule has 2 aromatic rings. The minimum atomic E-state index is 0.146. The second kappa shape index (κ2) is 5.72. The molecule has 1 fully saturated rings. The van der Waals surface area contributed by atoms with Crippen molar-refractivity contribution in [3.63, 3.8) is 0 Å². The SMILES string of the molecule is Cc1ccc(C(=O)N2CC(C)C[C@@H]2c2ccccc2)cc1. The van der Waals surface area contributed by atoms with Crippen LogP contribution in [0.2, 0.25) is 0 Å². The first-order chi connectivity index (χ1) is 10.1. The predicted molar refractivity (Wildman–Crippen MR) is 85.2 cm³/mol. The molecule has 3 rings (SSSR count). The summed E-state index contributed by atoms with van der Waals surface area (Å²) in [5.74, 6) is 0.692. The number of likely N-dealkylation sites (tertiary alicyclic amines) is 1. The first-order valence-corrected chi connectivity index (χ1v) is 7.57. The highest BCUT2D eigenvalue weighted by Crippen LogP contribution is 2.36. The van der Waals surface area contributed by atoms with Crippen LogP contribution in [0.4, 0.5) is 0 Å². The molecule has 0 bridgehead atoms. The molecule has 1 amide bonds. The van der Waals surface area contributed by atoms with E-state index < -0.39 is 0 Å². The maximum absolute atomic E-state index is 12.8. The number of hydrogen-bond donors (Lipinski definition) is 0. The summed E-state index contributed by atoms with van der Waals surface area (Å²) < 4.78 is 0. The van der Waals surface area contributed by atoms with Crippen LogP contribution in [0.15, 0.2) is 54.6 Å². The van der Waals surface area contributed by atoms with Gasteiger partial charge in [0.05, 0.1) is 6.04 Å². The van der Waals surface area contributed by atoms with Gasteiger partial charge in [-0.05, 0) is 37.0 Å². The minimum absolute atomic E-state index is 0.146. The molecule has 1 aliphatic rings. The number of aryl methyl sites for hydroxylation is 1. The molecule has 108 valence electrons. The zero-order valence-corrected chi connectivity index (χ0v) is 12.6. The molecule has 21 heavy (non-hydrogen) atoms. The standard InChI is InChI=1S/C19H21NO/c1-14-8-10-17(11-9-14)19(21)20-13-15(2)12-18(20)16-6-4-3-5-7-16/h3-11,15,18H,12-13H2,1-2H3/t15?,18-/m1/s1. The van der Waals surface area contributed by atoms with Crippen molar-refractivity contribution in [1.82, 2.24) is 4.90 Å². The highest BCUT2D eigenvalue weighted by Gasteiger charge is 2.34. The Kier molecular flexibility index (Phi) is 3.78. The molecule has 2 heteroatoms. The molecule has 0 spiro atoms. The van der Waals surface area contributed by atoms with Crippen LogP contribution in [-0.2, 0) is 0 Å². The van der Waals surface area contributed by atoms with Crippen LogP contribution in [0, 0.1) is 12.8 Å². The van der Waals surface area contributed by atoms with Crippen molar-refractivity contribution in [2.75, 3.05) is 6.54 Å². The van der Waals surface area contributed by atoms with Gasteiger partial charge in [-0.2, -0.15) is 0 Å². The Hall–Kier alpha value is -2.09. The summed E-state index contributed by atoms with van der Waals surface area (Å²) in [5, 5.41) is 0. The molecule has 2 nitrogen and oxygen atoms in total. The van der Waals surface area contributed by atoms with Crippen molar-refractivity contribution >= 4 is 5.91 Å². The lowest BCUT2D eigenvalue weighted by atomic mass is 10.0. The molecule has 0 saturated carbocycles. The van der Waals surface area contributed by atoms with E-state index in [0.29, 0.717) is 5.92 Å². The normalized spacial score (nSPS) is 21.5. The van der Waals surface area contributed by atoms with Gasteiger partial charge in [0.15, 0.2) is 0 Å². The van der Waals surface area contributed by atoms with Gasteiger partial charge in [-0.3, -0.25) is 4.79 Å². The van der Waals surface area contributed by atoms with E-state index in [-0.39, 0.29) is 11.9 Å². The first-order valence-electron chi connectivity index (χ1n) is 7.57. The smallest absolute Gasteiger partial charge is 0.254 e. The quantitative estimate of drug-likeness (QED) is 0.806. The van der Waals surface area contributed by atoms with Crippen LogP contribution in [0.25, 0.3) is 0 Å². The highest BCUT2D eigenvalue weighted by atomic mass is 16.2. The summed E-state index contributed by atoms with van der Waals surface area (Å²) in [5.41, 5.74) is 3.21. The summed E-state index contributed by atoms with van der Waals surface area (Å²) in [6.45, 7) is 5.10. The Morgan fingerprint density at radius 1 is 1.05 bits per heavy atom. The Labute approximate surface area is 126 Å². The molecule has 0 aliphatic carbocycles. The molecule has 0 radical (unpaired) electrons. The van der Waals surface area contributed by atoms with E-state index in [2.05, 4.69) is 19.1 Å². The number of carbonyl (C=O) groups excluding carboxylic acids is 1. The molecule has 2 aromatic carbocycles. The van der Waals surface area contributed by atoms with Crippen molar-refractivity contribution in [1.29, 1.82) is 0 Å². The molecule has 0 aromatic heterocycles. The van der Waals surface area contributed by atoms with Gasteiger partial charge >= 0.3 is 0 Å². The van der Waals surface area contributed by atoms with Gasteiger partial charge in [0, 0.05) is 12.1 Å². The van der Waals surface area contributed by atoms with Gasteiger partial charge in [0.2, 0.25) is 0 Å². The third-order valence-electron chi connectivity index (χ3n) is 4.25. The highest BCUT2D eigenvalue weighted by molar-refractivity contribution is 5.94. The third-order valence-corrected chi connectivity index (χ3v) is 4.25. The second-order valence-electron chi connectivity index (χ2n) is 6.09. The van der Waals surface area contributed by atoms with Crippen molar-refractivity contribution in [2.45, 2.75) is 26.3 Å². The largest absolute Gasteiger partial charge is 0.331 e. The number of hydrogen-bond acceptors (Lipinski definition) is 1. The van der Waals surface area contributed by atoms with Gasteiger partial charge in [-0.25, -0.2) is 0 Å². The van der Waals surface area contributed by atoms with E-state index in [0.717, 1.165) is 18.5 Å². The van der Waals surface area contributed by atoms with Gasteiger partial charge in [-0.1, -0.05) is 55.0 Å². The van der Waals surface area contributed by atoms with Gasteiger partial charge in [0.25, 0.3) is 5.91 Å². The van der Waals surface area contributed by atoms with E-state index in [1.165, 1.54) is 11.1 Å². The number of benzene rings is 2. The van der Waals surface area contributed by atoms with Crippen LogP contribution in [0.5, 0.6) is 0 Å². The fourth-order valence-corrected chi connectivity index (χ4v) is 3.12. The van der Waals surface area contributed by atoms with Crippen LogP contribution in [0.1, 0.15) is 40.9 Å². The monoisotopic (exact) mass is 279 g/mol. The molecule has 1 saturated heterocycles. The summed E-state index contributed by atoms with van der Waals surface area (Å²) in [6.07, 6.45) is 1.04. The Bertz CT molecular complexity index is 618. The third kappa shape index (κ3) is 2.85. The number of carbonyl (C=O) groups is 1. The Morgan fingerprint density at radius 3 is 2.38 bits per heavy atom. The summed E-state index contributed by atoms with van der Waals surface area (Å²) in [7, 11) is 0. The van der Waals surface area contributed by atoms with Gasteiger partial charge < -0.3 is 4.90 Å². The van der Waals surface area contributed by atoms with E-state index in [9.17, 15) is 4.79 Å². The number of rotatable bonds is 2. The predicted octanol–water partition coefficient (Wildman–Crippen LogP) is 4.22. The molecular weight excluding hydrogens is 258 g/mol. The maximum Gasteiger partial charge on any atom is 0.254 e. The number of nitrogens with zero attached hydrogens (tertiary/aromatic N) is 1. The molecule has 1 heterocycles. The second-order valence-corrected chi connectivity index (χ2v) is 6.09. The zero-order valence-electron chi connectivity index (χ0n) is 12.6. The van der Waals surface area contributed by atoms with Crippen molar-refractivity contribution in [3.05, 3.63) is 71.3 Å². The lowest BCUT2D eigenvalue weighted by Crippen LogP contribution is -2.31. The molecule has 1 aliphatic heterocycles. The van der Waals surface area contributed by atoms with E-state index in [1.54, 1.807) is 0 Å². The fraction of sp³-hybridized carbons (Fsp3) is 0.316. The first kappa shape index (κ1) is 13.9. The Morgan fingerprint density at radius 2 is 1.71 bits per heavy atom. The Balaban J connectivity index is 1.88. The number of amides is 1. The van der Waals surface area contributed by atoms with Crippen LogP contribution in [-0.4, -0.2) is 17.4 Å². The summed E-state index contributed by atoms with van der Waals surface area (Å²) in [4.78, 5) is 14.8. The lowest BCUT2D eigenvalue weighted by Gasteiger charge is -2.25. The average Bonchev–Trinajstić information content (AvgIpc) is 2.90. The van der Waals surface area contributed by atoms with E-state index >= 15 is 0 Å². The van der Waals surface area contributed by atoms with Gasteiger partial charge in [0.1, 0.15) is 0 Å². The molecule has 2 atom stereocenters. The summed E-state index contributed by atoms with van der Waals surface area (Å²) in [6, 6.07) is 18.4. The van der Waals surface area contributed by atoms with Crippen molar-refractivity contribution in [2.24, 2.45) is 5.92 Å².